The molecule has 3 aromatic rings. The molecule has 0 aliphatic rings. The van der Waals surface area contributed by atoms with Crippen molar-refractivity contribution in [2.24, 2.45) is 0 Å². The quantitative estimate of drug-likeness (QED) is 0.764. The number of nitrogens with zero attached hydrogens (tertiary/aromatic N) is 2. The predicted octanol–water partition coefficient (Wildman–Crippen LogP) is 2.66. The third kappa shape index (κ3) is 2.38. The van der Waals surface area contributed by atoms with Gasteiger partial charge in [-0.15, -0.1) is 0 Å². The number of aliphatic hydroxyl groups excluding tert-OH is 1. The van der Waals surface area contributed by atoms with Crippen molar-refractivity contribution < 1.29 is 5.11 Å². The van der Waals surface area contributed by atoms with Crippen molar-refractivity contribution >= 4 is 16.7 Å². The van der Waals surface area contributed by atoms with Crippen LogP contribution in [-0.2, 0) is 0 Å². The minimum atomic E-state index is 0.159. The summed E-state index contributed by atoms with van der Waals surface area (Å²) in [6, 6.07) is 14.4. The van der Waals surface area contributed by atoms with E-state index >= 15 is 0 Å². The van der Waals surface area contributed by atoms with E-state index in [0.717, 1.165) is 28.0 Å². The molecular formula is C16H17N3O. The Morgan fingerprint density at radius 2 is 2.00 bits per heavy atom. The smallest absolute Gasteiger partial charge is 0.137 e. The molecule has 0 fully saturated rings. The fourth-order valence-corrected chi connectivity index (χ4v) is 2.29. The van der Waals surface area contributed by atoms with Crippen LogP contribution in [0.1, 0.15) is 0 Å². The first-order chi connectivity index (χ1) is 9.78. The van der Waals surface area contributed by atoms with Crippen LogP contribution in [0.3, 0.4) is 0 Å². The molecule has 20 heavy (non-hydrogen) atoms. The molecule has 0 unspecified atom stereocenters. The highest BCUT2D eigenvalue weighted by atomic mass is 16.3. The number of likely N-dealkylation sites (N-methyl/N-ethyl adjacent to an activating group) is 1. The van der Waals surface area contributed by atoms with Crippen LogP contribution in [0, 0.1) is 0 Å². The van der Waals surface area contributed by atoms with E-state index in [0.29, 0.717) is 6.54 Å². The lowest BCUT2D eigenvalue weighted by Crippen LogP contribution is -2.20. The van der Waals surface area contributed by atoms with Crippen molar-refractivity contribution in [3.8, 4) is 11.3 Å². The highest BCUT2D eigenvalue weighted by Crippen LogP contribution is 2.25. The third-order valence-corrected chi connectivity index (χ3v) is 3.45. The lowest BCUT2D eigenvalue weighted by molar-refractivity contribution is 0.304. The van der Waals surface area contributed by atoms with Gasteiger partial charge in [0, 0.05) is 36.6 Å². The summed E-state index contributed by atoms with van der Waals surface area (Å²) in [5, 5.41) is 10.1. The van der Waals surface area contributed by atoms with Crippen LogP contribution in [0.15, 0.2) is 48.7 Å². The van der Waals surface area contributed by atoms with Crippen LogP contribution >= 0.6 is 0 Å². The number of pyridine rings is 1. The van der Waals surface area contributed by atoms with Gasteiger partial charge in [0.15, 0.2) is 0 Å². The number of nitrogens with one attached hydrogen (secondary N) is 1. The number of anilines is 1. The second-order valence-corrected chi connectivity index (χ2v) is 4.82. The molecule has 2 aromatic heterocycles. The predicted molar refractivity (Wildman–Crippen MR) is 81.9 cm³/mol. The molecule has 3 rings (SSSR count). The molecule has 0 bridgehead atoms. The first kappa shape index (κ1) is 12.7. The number of hydrogen-bond donors (Lipinski definition) is 2. The standard InChI is InChI=1S/C16H17N3O/c1-19(9-10-20)14-6-4-12(5-7-14)15-11-13-3-2-8-17-16(13)18-15/h2-8,11,20H,9-10H2,1H3,(H,17,18). The van der Waals surface area contributed by atoms with Crippen LogP contribution < -0.4 is 4.90 Å². The highest BCUT2D eigenvalue weighted by molar-refractivity contribution is 5.83. The molecule has 0 aliphatic heterocycles. The number of aromatic amines is 1. The Balaban J connectivity index is 1.90. The summed E-state index contributed by atoms with van der Waals surface area (Å²) >= 11 is 0. The molecule has 0 aliphatic carbocycles. The Labute approximate surface area is 117 Å². The Morgan fingerprint density at radius 1 is 1.20 bits per heavy atom. The zero-order valence-electron chi connectivity index (χ0n) is 11.4. The Kier molecular flexibility index (Phi) is 3.39. The minimum Gasteiger partial charge on any atom is -0.395 e. The van der Waals surface area contributed by atoms with E-state index in [9.17, 15) is 0 Å². The molecule has 4 heteroatoms. The zero-order valence-corrected chi connectivity index (χ0v) is 11.4. The zero-order chi connectivity index (χ0) is 13.9. The molecule has 0 amide bonds. The van der Waals surface area contributed by atoms with Gasteiger partial charge in [-0.25, -0.2) is 4.98 Å². The summed E-state index contributed by atoms with van der Waals surface area (Å²) in [6.07, 6.45) is 1.79. The Bertz CT molecular complexity index is 670. The number of rotatable bonds is 4. The van der Waals surface area contributed by atoms with E-state index in [1.54, 1.807) is 6.20 Å². The molecule has 0 atom stereocenters. The second kappa shape index (κ2) is 5.35. The van der Waals surface area contributed by atoms with E-state index in [-0.39, 0.29) is 6.61 Å². The number of aliphatic hydroxyl groups is 1. The molecule has 0 spiro atoms. The third-order valence-electron chi connectivity index (χ3n) is 3.45. The van der Waals surface area contributed by atoms with Crippen LogP contribution in [0.5, 0.6) is 0 Å². The van der Waals surface area contributed by atoms with Crippen LogP contribution in [-0.4, -0.2) is 35.3 Å². The summed E-state index contributed by atoms with van der Waals surface area (Å²) in [5.74, 6) is 0. The van der Waals surface area contributed by atoms with Crippen molar-refractivity contribution in [3.05, 3.63) is 48.7 Å². The molecule has 0 saturated carbocycles. The van der Waals surface area contributed by atoms with Gasteiger partial charge in [-0.1, -0.05) is 12.1 Å². The van der Waals surface area contributed by atoms with Crippen LogP contribution in [0.2, 0.25) is 0 Å². The van der Waals surface area contributed by atoms with Gasteiger partial charge in [-0.05, 0) is 35.9 Å². The number of benzene rings is 1. The molecule has 4 nitrogen and oxygen atoms in total. The van der Waals surface area contributed by atoms with Crippen LogP contribution in [0.4, 0.5) is 5.69 Å². The maximum Gasteiger partial charge on any atom is 0.137 e. The van der Waals surface area contributed by atoms with Crippen molar-refractivity contribution in [1.29, 1.82) is 0 Å². The first-order valence-electron chi connectivity index (χ1n) is 6.64. The second-order valence-electron chi connectivity index (χ2n) is 4.82. The first-order valence-corrected chi connectivity index (χ1v) is 6.64. The van der Waals surface area contributed by atoms with Gasteiger partial charge < -0.3 is 15.0 Å². The summed E-state index contributed by atoms with van der Waals surface area (Å²) in [6.45, 7) is 0.793. The number of fused-ring (bicyclic) bond motifs is 1. The van der Waals surface area contributed by atoms with Gasteiger partial charge in [0.1, 0.15) is 5.65 Å². The Morgan fingerprint density at radius 3 is 2.70 bits per heavy atom. The van der Waals surface area contributed by atoms with Gasteiger partial charge >= 0.3 is 0 Å². The fourth-order valence-electron chi connectivity index (χ4n) is 2.29. The lowest BCUT2D eigenvalue weighted by atomic mass is 10.1. The molecular weight excluding hydrogens is 250 g/mol. The van der Waals surface area contributed by atoms with Crippen molar-refractivity contribution in [3.63, 3.8) is 0 Å². The summed E-state index contributed by atoms with van der Waals surface area (Å²) in [4.78, 5) is 9.65. The largest absolute Gasteiger partial charge is 0.395 e. The van der Waals surface area contributed by atoms with E-state index in [1.165, 1.54) is 0 Å². The number of H-pyrrole nitrogens is 1. The summed E-state index contributed by atoms with van der Waals surface area (Å²) in [7, 11) is 1.97. The molecule has 102 valence electrons. The average molecular weight is 267 g/mol. The topological polar surface area (TPSA) is 52.1 Å². The fraction of sp³-hybridized carbons (Fsp3) is 0.188. The minimum absolute atomic E-state index is 0.159. The van der Waals surface area contributed by atoms with E-state index < -0.39 is 0 Å². The molecule has 1 aromatic carbocycles. The molecule has 2 N–H and O–H groups in total. The summed E-state index contributed by atoms with van der Waals surface area (Å²) in [5.41, 5.74) is 4.19. The monoisotopic (exact) mass is 267 g/mol. The van der Waals surface area contributed by atoms with Crippen molar-refractivity contribution in [2.45, 2.75) is 0 Å². The van der Waals surface area contributed by atoms with Gasteiger partial charge in [-0.2, -0.15) is 0 Å². The normalized spacial score (nSPS) is 10.9. The lowest BCUT2D eigenvalue weighted by Gasteiger charge is -2.17. The SMILES string of the molecule is CN(CCO)c1ccc(-c2cc3cccnc3[nH]2)cc1. The van der Waals surface area contributed by atoms with Gasteiger partial charge in [0.25, 0.3) is 0 Å². The molecule has 2 heterocycles. The highest BCUT2D eigenvalue weighted by Gasteiger charge is 2.05. The van der Waals surface area contributed by atoms with E-state index in [2.05, 4.69) is 40.3 Å². The van der Waals surface area contributed by atoms with E-state index in [1.807, 2.05) is 24.1 Å². The number of hydrogen-bond acceptors (Lipinski definition) is 3. The van der Waals surface area contributed by atoms with Crippen molar-refractivity contribution in [1.82, 2.24) is 9.97 Å². The number of aromatic nitrogens is 2. The molecule has 0 saturated heterocycles. The van der Waals surface area contributed by atoms with Gasteiger partial charge in [-0.3, -0.25) is 0 Å². The maximum atomic E-state index is 8.96. The molecule has 0 radical (unpaired) electrons. The Hall–Kier alpha value is -2.33. The van der Waals surface area contributed by atoms with Gasteiger partial charge in [0.05, 0.1) is 6.61 Å². The summed E-state index contributed by atoms with van der Waals surface area (Å²) < 4.78 is 0. The van der Waals surface area contributed by atoms with Crippen molar-refractivity contribution in [2.75, 3.05) is 25.1 Å². The average Bonchev–Trinajstić information content (AvgIpc) is 2.91. The maximum absolute atomic E-state index is 8.96. The van der Waals surface area contributed by atoms with E-state index in [4.69, 9.17) is 5.11 Å². The van der Waals surface area contributed by atoms with Crippen LogP contribution in [0.25, 0.3) is 22.3 Å². The van der Waals surface area contributed by atoms with Gasteiger partial charge in [0.2, 0.25) is 0 Å².